The van der Waals surface area contributed by atoms with Crippen LogP contribution in [0.25, 0.3) is 38.0 Å². The number of rotatable bonds is 4. The summed E-state index contributed by atoms with van der Waals surface area (Å²) in [6, 6.07) is 42.7. The number of thiazole rings is 1. The molecule has 34 heavy (non-hydrogen) atoms. The Morgan fingerprint density at radius 1 is 0.500 bits per heavy atom. The molecule has 7 heteroatoms. The van der Waals surface area contributed by atoms with Crippen LogP contribution in [0.2, 0.25) is 0 Å². The molecule has 0 saturated heterocycles. The molecule has 0 radical (unpaired) electrons. The fraction of sp³-hybridized carbons (Fsp3) is 0. The lowest BCUT2D eigenvalue weighted by Gasteiger charge is -2.17. The van der Waals surface area contributed by atoms with Crippen molar-refractivity contribution in [3.63, 3.8) is 0 Å². The first kappa shape index (κ1) is 23.8. The lowest BCUT2D eigenvalue weighted by atomic mass is 10.1. The van der Waals surface area contributed by atoms with Gasteiger partial charge in [0.25, 0.3) is 5.01 Å². The maximum Gasteiger partial charge on any atom is 0.276 e. The van der Waals surface area contributed by atoms with Gasteiger partial charge >= 0.3 is 0 Å². The van der Waals surface area contributed by atoms with Gasteiger partial charge in [0.2, 0.25) is 11.4 Å². The van der Waals surface area contributed by atoms with Crippen LogP contribution in [0.3, 0.4) is 0 Å². The van der Waals surface area contributed by atoms with E-state index in [2.05, 4.69) is 126 Å². The lowest BCUT2D eigenvalue weighted by molar-refractivity contribution is -2.00. The highest BCUT2D eigenvalue weighted by atomic mass is 35.7. The Kier molecular flexibility index (Phi) is 7.49. The van der Waals surface area contributed by atoms with E-state index in [0.717, 1.165) is 0 Å². The molecule has 0 aliphatic carbocycles. The van der Waals surface area contributed by atoms with Crippen molar-refractivity contribution >= 4 is 11.3 Å². The summed E-state index contributed by atoms with van der Waals surface area (Å²) >= 11 is 1.84. The zero-order chi connectivity index (χ0) is 24.0. The summed E-state index contributed by atoms with van der Waals surface area (Å²) in [7, 11) is -4.94. The van der Waals surface area contributed by atoms with Crippen LogP contribution in [0.5, 0.6) is 0 Å². The van der Waals surface area contributed by atoms with Crippen LogP contribution in [0.1, 0.15) is 0 Å². The van der Waals surface area contributed by atoms with Crippen molar-refractivity contribution in [1.82, 2.24) is 0 Å². The van der Waals surface area contributed by atoms with Crippen LogP contribution in [-0.4, -0.2) is 0 Å². The number of halogens is 1. The molecule has 0 bridgehead atoms. The zero-order valence-corrected chi connectivity index (χ0v) is 19.5. The first-order chi connectivity index (χ1) is 16.4. The Hall–Kier alpha value is -3.36. The van der Waals surface area contributed by atoms with E-state index in [1.54, 1.807) is 0 Å². The van der Waals surface area contributed by atoms with E-state index in [4.69, 9.17) is 18.6 Å². The van der Waals surface area contributed by atoms with E-state index in [1.165, 1.54) is 38.0 Å². The molecule has 0 atom stereocenters. The minimum atomic E-state index is -4.94. The van der Waals surface area contributed by atoms with Crippen LogP contribution in [0, 0.1) is 10.2 Å². The molecule has 1 aromatic heterocycles. The molecular weight excluding hydrogens is 470 g/mol. The highest BCUT2D eigenvalue weighted by Gasteiger charge is 2.31. The molecule has 5 rings (SSSR count). The Balaban J connectivity index is 0.000000499. The summed E-state index contributed by atoms with van der Waals surface area (Å²) in [5, 5.41) is 1.23. The number of benzene rings is 4. The van der Waals surface area contributed by atoms with E-state index in [9.17, 15) is 0 Å². The molecule has 0 spiro atoms. The van der Waals surface area contributed by atoms with Gasteiger partial charge in [0, 0.05) is 17.7 Å². The molecule has 0 saturated carbocycles. The van der Waals surface area contributed by atoms with Crippen molar-refractivity contribution in [2.24, 2.45) is 0 Å². The molecule has 4 aromatic carbocycles. The van der Waals surface area contributed by atoms with Crippen LogP contribution >= 0.6 is 11.3 Å². The van der Waals surface area contributed by atoms with Gasteiger partial charge in [-0.05, 0) is 29.8 Å². The second-order valence-corrected chi connectivity index (χ2v) is 8.99. The molecule has 0 aliphatic rings. The van der Waals surface area contributed by atoms with Gasteiger partial charge in [-0.15, -0.1) is 14.8 Å². The maximum absolute atomic E-state index is 8.49. The van der Waals surface area contributed by atoms with Crippen molar-refractivity contribution in [1.29, 1.82) is 0 Å². The Morgan fingerprint density at radius 2 is 0.882 bits per heavy atom. The highest BCUT2D eigenvalue weighted by Crippen LogP contribution is 2.40. The van der Waals surface area contributed by atoms with Crippen molar-refractivity contribution in [2.45, 2.75) is 0 Å². The summed E-state index contributed by atoms with van der Waals surface area (Å²) in [5.74, 6) is 0. The Bertz CT molecular complexity index is 1220. The van der Waals surface area contributed by atoms with Gasteiger partial charge < -0.3 is 0 Å². The molecule has 170 valence electrons. The topological polar surface area (TPSA) is 96.1 Å². The van der Waals surface area contributed by atoms with Gasteiger partial charge in [-0.3, -0.25) is 0 Å². The van der Waals surface area contributed by atoms with E-state index in [-0.39, 0.29) is 0 Å². The lowest BCUT2D eigenvalue weighted by Crippen LogP contribution is -2.68. The molecular formula is C27H20ClNO4S. The van der Waals surface area contributed by atoms with E-state index in [0.29, 0.717) is 0 Å². The summed E-state index contributed by atoms with van der Waals surface area (Å²) in [6.45, 7) is 0. The normalized spacial score (nSPS) is 10.9. The predicted molar refractivity (Wildman–Crippen MR) is 122 cm³/mol. The molecule has 0 unspecified atom stereocenters. The van der Waals surface area contributed by atoms with E-state index in [1.807, 2.05) is 11.3 Å². The Labute approximate surface area is 203 Å². The first-order valence-corrected chi connectivity index (χ1v) is 12.4. The molecule has 5 nitrogen and oxygen atoms in total. The van der Waals surface area contributed by atoms with Gasteiger partial charge in [0.15, 0.2) is 0 Å². The molecule has 0 aliphatic heterocycles. The maximum atomic E-state index is 8.49. The fourth-order valence-electron chi connectivity index (χ4n) is 3.63. The summed E-state index contributed by atoms with van der Waals surface area (Å²) < 4.78 is 36.4. The third kappa shape index (κ3) is 5.95. The van der Waals surface area contributed by atoms with Gasteiger partial charge in [0.1, 0.15) is 4.88 Å². The second kappa shape index (κ2) is 10.7. The second-order valence-electron chi connectivity index (χ2n) is 7.23. The van der Waals surface area contributed by atoms with Crippen molar-refractivity contribution in [3.05, 3.63) is 121 Å². The molecule has 5 aromatic rings. The van der Waals surface area contributed by atoms with Crippen molar-refractivity contribution in [3.8, 4) is 38.0 Å². The molecule has 0 N–H and O–H groups in total. The van der Waals surface area contributed by atoms with Crippen molar-refractivity contribution < 1.29 is 33.4 Å². The van der Waals surface area contributed by atoms with Crippen LogP contribution in [0.15, 0.2) is 121 Å². The fourth-order valence-corrected chi connectivity index (χ4v) is 4.92. The number of para-hydroxylation sites is 1. The summed E-state index contributed by atoms with van der Waals surface area (Å²) in [6.07, 6.45) is 0. The number of hydrogen-bond donors (Lipinski definition) is 0. The average Bonchev–Trinajstić information content (AvgIpc) is 3.26. The Morgan fingerprint density at radius 3 is 1.35 bits per heavy atom. The third-order valence-corrected chi connectivity index (χ3v) is 6.20. The molecule has 0 fully saturated rings. The van der Waals surface area contributed by atoms with E-state index < -0.39 is 10.2 Å². The minimum absolute atomic E-state index is 1.17. The van der Waals surface area contributed by atoms with Gasteiger partial charge in [0.05, 0.1) is 5.56 Å². The monoisotopic (exact) mass is 489 g/mol. The predicted octanol–water partition coefficient (Wildman–Crippen LogP) is 2.27. The highest BCUT2D eigenvalue weighted by molar-refractivity contribution is 7.18. The summed E-state index contributed by atoms with van der Waals surface area (Å²) in [5.41, 5.74) is 6.08. The number of hydrogen-bond acceptors (Lipinski definition) is 5. The van der Waals surface area contributed by atoms with Gasteiger partial charge in [-0.2, -0.15) is 0 Å². The summed E-state index contributed by atoms with van der Waals surface area (Å²) in [4.78, 5) is 1.28. The van der Waals surface area contributed by atoms with Gasteiger partial charge in [-0.25, -0.2) is 18.6 Å². The van der Waals surface area contributed by atoms with Crippen LogP contribution in [0.4, 0.5) is 0 Å². The number of aromatic nitrogens is 1. The average molecular weight is 490 g/mol. The van der Waals surface area contributed by atoms with Crippen LogP contribution in [-0.2, 0) is 0 Å². The first-order valence-electron chi connectivity index (χ1n) is 10.3. The number of nitrogens with zero attached hydrogens (tertiary/aromatic N) is 1. The SMILES string of the molecule is [O-][Cl+3]([O-])([O-])[O-].c1ccc(-c2sc(-c3ccccc3)[n+](-c3ccccc3)c2-c2ccccc2)cc1. The zero-order valence-electron chi connectivity index (χ0n) is 17.9. The minimum Gasteiger partial charge on any atom is -0.222 e. The van der Waals surface area contributed by atoms with Crippen LogP contribution < -0.4 is 23.2 Å². The smallest absolute Gasteiger partial charge is 0.222 e. The quantitative estimate of drug-likeness (QED) is 0.362. The third-order valence-electron chi connectivity index (χ3n) is 4.96. The molecule has 0 amide bonds. The largest absolute Gasteiger partial charge is 0.276 e. The van der Waals surface area contributed by atoms with E-state index >= 15 is 0 Å². The molecule has 1 heterocycles. The van der Waals surface area contributed by atoms with Gasteiger partial charge in [-0.1, -0.05) is 96.3 Å². The standard InChI is InChI=1S/C27H20NS.ClHO4/c1-5-13-21(14-6-1)25-26(22-15-7-2-8-16-22)29-27(23-17-9-3-10-18-23)28(25)24-19-11-4-12-20-24;2-1(3,4)5/h1-20H;(H,2,3,4,5)/q+1;/p-1. The van der Waals surface area contributed by atoms with Crippen molar-refractivity contribution in [2.75, 3.05) is 0 Å².